The third kappa shape index (κ3) is 2.47. The zero-order valence-electron chi connectivity index (χ0n) is 9.75. The smallest absolute Gasteiger partial charge is 0.161 e. The lowest BCUT2D eigenvalue weighted by Crippen LogP contribution is -2.39. The second kappa shape index (κ2) is 4.90. The highest BCUT2D eigenvalue weighted by Gasteiger charge is 2.38. The molecule has 3 nitrogen and oxygen atoms in total. The normalized spacial score (nSPS) is 22.2. The predicted molar refractivity (Wildman–Crippen MR) is 58.5 cm³/mol. The van der Waals surface area contributed by atoms with E-state index in [9.17, 15) is 4.79 Å². The van der Waals surface area contributed by atoms with Crippen LogP contribution in [0.25, 0.3) is 0 Å². The fourth-order valence-electron chi connectivity index (χ4n) is 1.87. The van der Waals surface area contributed by atoms with Gasteiger partial charge in [-0.05, 0) is 32.1 Å². The van der Waals surface area contributed by atoms with Gasteiger partial charge >= 0.3 is 0 Å². The van der Waals surface area contributed by atoms with Crippen molar-refractivity contribution in [1.29, 1.82) is 0 Å². The van der Waals surface area contributed by atoms with Crippen molar-refractivity contribution in [2.75, 3.05) is 0 Å². The fraction of sp³-hybridized carbons (Fsp3) is 0.750. The van der Waals surface area contributed by atoms with Gasteiger partial charge < -0.3 is 0 Å². The van der Waals surface area contributed by atoms with Gasteiger partial charge in [0, 0.05) is 12.0 Å². The standard InChI is InChI=1S/C12H20O3/c1-9(2)12(3,15-14)10-7-5-4-6-8-11(10)13/h7,9,14H,4-6,8H2,1-3H3/t12-/m0/s1. The summed E-state index contributed by atoms with van der Waals surface area (Å²) in [4.78, 5) is 16.4. The zero-order chi connectivity index (χ0) is 11.5. The third-order valence-corrected chi connectivity index (χ3v) is 3.33. The molecule has 0 aromatic carbocycles. The van der Waals surface area contributed by atoms with E-state index in [1.165, 1.54) is 0 Å². The van der Waals surface area contributed by atoms with Crippen LogP contribution in [0.3, 0.4) is 0 Å². The highest BCUT2D eigenvalue weighted by molar-refractivity contribution is 5.97. The second-order valence-electron chi connectivity index (χ2n) is 4.64. The first-order valence-corrected chi connectivity index (χ1v) is 5.58. The highest BCUT2D eigenvalue weighted by Crippen LogP contribution is 2.32. The van der Waals surface area contributed by atoms with Gasteiger partial charge in [-0.25, -0.2) is 4.89 Å². The van der Waals surface area contributed by atoms with Gasteiger partial charge in [0.15, 0.2) is 5.78 Å². The summed E-state index contributed by atoms with van der Waals surface area (Å²) in [6.07, 6.45) is 5.35. The van der Waals surface area contributed by atoms with Crippen molar-refractivity contribution >= 4 is 5.78 Å². The van der Waals surface area contributed by atoms with Gasteiger partial charge in [0.05, 0.1) is 0 Å². The number of rotatable bonds is 3. The number of carbonyl (C=O) groups excluding carboxylic acids is 1. The van der Waals surface area contributed by atoms with Gasteiger partial charge in [-0.1, -0.05) is 19.9 Å². The molecule has 86 valence electrons. The fourth-order valence-corrected chi connectivity index (χ4v) is 1.87. The Morgan fingerprint density at radius 2 is 2.13 bits per heavy atom. The Balaban J connectivity index is 3.00. The number of ketones is 1. The van der Waals surface area contributed by atoms with E-state index in [0.29, 0.717) is 12.0 Å². The molecule has 0 amide bonds. The maximum Gasteiger partial charge on any atom is 0.161 e. The minimum Gasteiger partial charge on any atom is -0.294 e. The van der Waals surface area contributed by atoms with Gasteiger partial charge in [-0.2, -0.15) is 0 Å². The molecule has 1 aliphatic rings. The van der Waals surface area contributed by atoms with Crippen LogP contribution in [0, 0.1) is 5.92 Å². The number of carbonyl (C=O) groups is 1. The molecule has 0 aromatic heterocycles. The molecule has 1 aliphatic carbocycles. The number of hydrogen-bond acceptors (Lipinski definition) is 3. The highest BCUT2D eigenvalue weighted by atomic mass is 17.1. The summed E-state index contributed by atoms with van der Waals surface area (Å²) in [6.45, 7) is 5.65. The Labute approximate surface area is 91.1 Å². The quantitative estimate of drug-likeness (QED) is 0.578. The van der Waals surface area contributed by atoms with Crippen molar-refractivity contribution in [3.63, 3.8) is 0 Å². The molecule has 0 saturated carbocycles. The Hall–Kier alpha value is -0.670. The van der Waals surface area contributed by atoms with E-state index < -0.39 is 5.60 Å². The molecule has 0 aliphatic heterocycles. The second-order valence-corrected chi connectivity index (χ2v) is 4.64. The summed E-state index contributed by atoms with van der Waals surface area (Å²) < 4.78 is 0. The van der Waals surface area contributed by atoms with Crippen LogP contribution in [-0.2, 0) is 9.68 Å². The van der Waals surface area contributed by atoms with Crippen molar-refractivity contribution in [3.8, 4) is 0 Å². The van der Waals surface area contributed by atoms with E-state index in [-0.39, 0.29) is 11.7 Å². The molecule has 3 heteroatoms. The van der Waals surface area contributed by atoms with Gasteiger partial charge in [0.1, 0.15) is 5.60 Å². The molecule has 0 fully saturated rings. The van der Waals surface area contributed by atoms with Gasteiger partial charge in [0.25, 0.3) is 0 Å². The van der Waals surface area contributed by atoms with Crippen LogP contribution < -0.4 is 0 Å². The van der Waals surface area contributed by atoms with E-state index in [1.807, 2.05) is 19.9 Å². The molecule has 0 unspecified atom stereocenters. The Morgan fingerprint density at radius 1 is 1.47 bits per heavy atom. The van der Waals surface area contributed by atoms with Crippen molar-refractivity contribution in [1.82, 2.24) is 0 Å². The van der Waals surface area contributed by atoms with Crippen molar-refractivity contribution < 1.29 is 14.9 Å². The Morgan fingerprint density at radius 3 is 2.67 bits per heavy atom. The Bertz CT molecular complexity index is 268. The average molecular weight is 212 g/mol. The van der Waals surface area contributed by atoms with Crippen LogP contribution in [0.4, 0.5) is 0 Å². The SMILES string of the molecule is CC(C)[C@](C)(OO)C1=CCCCCC1=O. The predicted octanol–water partition coefficient (Wildman–Crippen LogP) is 2.96. The Kier molecular flexibility index (Phi) is 4.05. The first-order valence-electron chi connectivity index (χ1n) is 5.58. The van der Waals surface area contributed by atoms with E-state index >= 15 is 0 Å². The maximum absolute atomic E-state index is 11.9. The largest absolute Gasteiger partial charge is 0.294 e. The van der Waals surface area contributed by atoms with Crippen molar-refractivity contribution in [2.45, 2.75) is 52.1 Å². The van der Waals surface area contributed by atoms with Crippen LogP contribution in [0.15, 0.2) is 11.6 Å². The summed E-state index contributed by atoms with van der Waals surface area (Å²) in [7, 11) is 0. The van der Waals surface area contributed by atoms with Crippen LogP contribution >= 0.6 is 0 Å². The molecule has 0 radical (unpaired) electrons. The molecule has 1 rings (SSSR count). The van der Waals surface area contributed by atoms with Gasteiger partial charge in [-0.15, -0.1) is 0 Å². The maximum atomic E-state index is 11.9. The van der Waals surface area contributed by atoms with Crippen molar-refractivity contribution in [2.24, 2.45) is 5.92 Å². The van der Waals surface area contributed by atoms with E-state index in [4.69, 9.17) is 5.26 Å². The van der Waals surface area contributed by atoms with Crippen LogP contribution in [0.2, 0.25) is 0 Å². The molecule has 0 saturated heterocycles. The average Bonchev–Trinajstić information content (AvgIpc) is 2.41. The lowest BCUT2D eigenvalue weighted by Gasteiger charge is -2.31. The summed E-state index contributed by atoms with van der Waals surface area (Å²) >= 11 is 0. The van der Waals surface area contributed by atoms with E-state index in [2.05, 4.69) is 4.89 Å². The van der Waals surface area contributed by atoms with Crippen LogP contribution in [0.5, 0.6) is 0 Å². The third-order valence-electron chi connectivity index (χ3n) is 3.33. The molecule has 1 atom stereocenters. The van der Waals surface area contributed by atoms with Crippen LogP contribution in [0.1, 0.15) is 46.5 Å². The minimum absolute atomic E-state index is 0.0656. The van der Waals surface area contributed by atoms with E-state index in [0.717, 1.165) is 19.3 Å². The lowest BCUT2D eigenvalue weighted by atomic mass is 9.82. The van der Waals surface area contributed by atoms with Gasteiger partial charge in [0.2, 0.25) is 0 Å². The number of hydrogen-bond donors (Lipinski definition) is 1. The molecule has 0 spiro atoms. The zero-order valence-corrected chi connectivity index (χ0v) is 9.75. The topological polar surface area (TPSA) is 46.5 Å². The first kappa shape index (κ1) is 12.4. The molecular formula is C12H20O3. The molecule has 0 bridgehead atoms. The van der Waals surface area contributed by atoms with E-state index in [1.54, 1.807) is 6.92 Å². The summed E-state index contributed by atoms with van der Waals surface area (Å²) in [5.74, 6) is 0.175. The molecule has 0 heterocycles. The number of allylic oxidation sites excluding steroid dienone is 1. The molecule has 0 aromatic rings. The van der Waals surface area contributed by atoms with Crippen LogP contribution in [-0.4, -0.2) is 16.6 Å². The minimum atomic E-state index is -0.860. The molecule has 1 N–H and O–H groups in total. The molecular weight excluding hydrogens is 192 g/mol. The number of Topliss-reactive ketones (excluding diaryl/α,β-unsaturated/α-hetero) is 1. The van der Waals surface area contributed by atoms with Gasteiger partial charge in [-0.3, -0.25) is 10.1 Å². The monoisotopic (exact) mass is 212 g/mol. The summed E-state index contributed by atoms with van der Waals surface area (Å²) in [6, 6.07) is 0. The van der Waals surface area contributed by atoms with Crippen molar-refractivity contribution in [3.05, 3.63) is 11.6 Å². The summed E-state index contributed by atoms with van der Waals surface area (Å²) in [5, 5.41) is 9.02. The lowest BCUT2D eigenvalue weighted by molar-refractivity contribution is -0.316. The molecule has 15 heavy (non-hydrogen) atoms. The first-order chi connectivity index (χ1) is 7.02. The summed E-state index contributed by atoms with van der Waals surface area (Å²) in [5.41, 5.74) is -0.223.